The van der Waals surface area contributed by atoms with Gasteiger partial charge in [-0.05, 0) is 24.3 Å². The van der Waals surface area contributed by atoms with Gasteiger partial charge in [-0.1, -0.05) is 6.07 Å². The number of phenolic OH excluding ortho intramolecular Hbond substituents is 1. The van der Waals surface area contributed by atoms with Gasteiger partial charge in [0.2, 0.25) is 5.82 Å². The smallest absolute Gasteiger partial charge is 0.311 e. The van der Waals surface area contributed by atoms with Crippen LogP contribution in [0.2, 0.25) is 0 Å². The number of hydrogen-bond acceptors (Lipinski definition) is 6. The third-order valence-electron chi connectivity index (χ3n) is 3.92. The Morgan fingerprint density at radius 1 is 1.17 bits per heavy atom. The molecule has 0 aliphatic carbocycles. The van der Waals surface area contributed by atoms with Gasteiger partial charge in [0.1, 0.15) is 5.75 Å². The maximum absolute atomic E-state index is 12.4. The topological polar surface area (TPSA) is 99.8 Å². The lowest BCUT2D eigenvalue weighted by Crippen LogP contribution is -2.49. The Balaban J connectivity index is 1.70. The minimum Gasteiger partial charge on any atom is -0.508 e. The van der Waals surface area contributed by atoms with E-state index < -0.39 is 4.92 Å². The fraction of sp³-hybridized carbons (Fsp3) is 0.250. The predicted molar refractivity (Wildman–Crippen MR) is 87.1 cm³/mol. The largest absolute Gasteiger partial charge is 0.508 e. The highest BCUT2D eigenvalue weighted by molar-refractivity contribution is 5.94. The van der Waals surface area contributed by atoms with Crippen LogP contribution >= 0.6 is 0 Å². The van der Waals surface area contributed by atoms with Crippen LogP contribution in [0.15, 0.2) is 42.6 Å². The molecule has 1 aliphatic rings. The number of phenols is 1. The molecule has 0 unspecified atom stereocenters. The van der Waals surface area contributed by atoms with Crippen molar-refractivity contribution >= 4 is 17.4 Å². The Hall–Kier alpha value is -3.16. The van der Waals surface area contributed by atoms with E-state index in [1.165, 1.54) is 30.5 Å². The van der Waals surface area contributed by atoms with Gasteiger partial charge in [-0.3, -0.25) is 14.9 Å². The molecule has 8 nitrogen and oxygen atoms in total. The van der Waals surface area contributed by atoms with E-state index in [1.807, 2.05) is 4.90 Å². The van der Waals surface area contributed by atoms with Gasteiger partial charge < -0.3 is 14.9 Å². The number of amides is 1. The molecule has 1 aromatic heterocycles. The molecule has 0 radical (unpaired) electrons. The Kier molecular flexibility index (Phi) is 4.28. The average molecular weight is 328 g/mol. The second-order valence-corrected chi connectivity index (χ2v) is 5.43. The van der Waals surface area contributed by atoms with Crippen LogP contribution in [-0.2, 0) is 0 Å². The molecule has 1 saturated heterocycles. The second-order valence-electron chi connectivity index (χ2n) is 5.43. The fourth-order valence-electron chi connectivity index (χ4n) is 2.72. The van der Waals surface area contributed by atoms with Crippen molar-refractivity contribution in [2.75, 3.05) is 31.1 Å². The molecule has 124 valence electrons. The highest BCUT2D eigenvalue weighted by Crippen LogP contribution is 2.26. The van der Waals surface area contributed by atoms with Crippen LogP contribution in [0.5, 0.6) is 5.75 Å². The van der Waals surface area contributed by atoms with Crippen molar-refractivity contribution < 1.29 is 14.8 Å². The van der Waals surface area contributed by atoms with E-state index in [9.17, 15) is 20.0 Å². The molecule has 0 spiro atoms. The molecule has 1 aliphatic heterocycles. The summed E-state index contributed by atoms with van der Waals surface area (Å²) < 4.78 is 0. The number of rotatable bonds is 3. The molecular weight excluding hydrogens is 312 g/mol. The summed E-state index contributed by atoms with van der Waals surface area (Å²) >= 11 is 0. The quantitative estimate of drug-likeness (QED) is 0.679. The number of carbonyl (C=O) groups is 1. The highest BCUT2D eigenvalue weighted by Gasteiger charge is 2.27. The lowest BCUT2D eigenvalue weighted by molar-refractivity contribution is -0.384. The SMILES string of the molecule is O=C(c1cccc(O)c1)N1CCN(c2ncccc2[N+](=O)[O-])CC1. The number of hydrogen-bond donors (Lipinski definition) is 1. The minimum atomic E-state index is -0.452. The van der Waals surface area contributed by atoms with Crippen molar-refractivity contribution in [1.29, 1.82) is 0 Å². The molecule has 1 amide bonds. The Morgan fingerprint density at radius 3 is 2.58 bits per heavy atom. The molecular formula is C16H16N4O4. The van der Waals surface area contributed by atoms with Gasteiger partial charge in [-0.2, -0.15) is 0 Å². The minimum absolute atomic E-state index is 0.0368. The van der Waals surface area contributed by atoms with E-state index in [-0.39, 0.29) is 17.3 Å². The number of piperazine rings is 1. The first kappa shape index (κ1) is 15.7. The molecule has 1 N–H and O–H groups in total. The molecule has 2 aromatic rings. The number of nitrogens with zero attached hydrogens (tertiary/aromatic N) is 4. The molecule has 8 heteroatoms. The third-order valence-corrected chi connectivity index (χ3v) is 3.92. The number of aromatic hydroxyl groups is 1. The Bertz CT molecular complexity index is 772. The first-order valence-electron chi connectivity index (χ1n) is 7.49. The summed E-state index contributed by atoms with van der Waals surface area (Å²) in [6.45, 7) is 1.79. The first-order valence-corrected chi connectivity index (χ1v) is 7.49. The van der Waals surface area contributed by atoms with Crippen molar-refractivity contribution in [1.82, 2.24) is 9.88 Å². The van der Waals surface area contributed by atoms with Gasteiger partial charge in [0.05, 0.1) is 4.92 Å². The maximum Gasteiger partial charge on any atom is 0.311 e. The van der Waals surface area contributed by atoms with E-state index in [1.54, 1.807) is 17.0 Å². The molecule has 2 heterocycles. The van der Waals surface area contributed by atoms with Crippen LogP contribution in [-0.4, -0.2) is 52.0 Å². The zero-order chi connectivity index (χ0) is 17.1. The van der Waals surface area contributed by atoms with Gasteiger partial charge >= 0.3 is 5.69 Å². The molecule has 24 heavy (non-hydrogen) atoms. The van der Waals surface area contributed by atoms with Crippen LogP contribution in [0, 0.1) is 10.1 Å². The number of anilines is 1. The summed E-state index contributed by atoms with van der Waals surface area (Å²) in [5.41, 5.74) is 0.387. The van der Waals surface area contributed by atoms with Crippen molar-refractivity contribution in [3.8, 4) is 5.75 Å². The zero-order valence-electron chi connectivity index (χ0n) is 12.8. The Morgan fingerprint density at radius 2 is 1.92 bits per heavy atom. The second kappa shape index (κ2) is 6.53. The Labute approximate surface area is 138 Å². The summed E-state index contributed by atoms with van der Waals surface area (Å²) in [7, 11) is 0. The summed E-state index contributed by atoms with van der Waals surface area (Å²) in [4.78, 5) is 30.7. The fourth-order valence-corrected chi connectivity index (χ4v) is 2.72. The van der Waals surface area contributed by atoms with Crippen LogP contribution in [0.3, 0.4) is 0 Å². The summed E-state index contributed by atoms with van der Waals surface area (Å²) in [6.07, 6.45) is 1.52. The van der Waals surface area contributed by atoms with Crippen molar-refractivity contribution in [2.24, 2.45) is 0 Å². The van der Waals surface area contributed by atoms with Gasteiger partial charge in [0, 0.05) is 44.0 Å². The van der Waals surface area contributed by atoms with E-state index in [0.29, 0.717) is 37.6 Å². The van der Waals surface area contributed by atoms with Crippen molar-refractivity contribution in [3.63, 3.8) is 0 Å². The molecule has 0 saturated carbocycles. The monoisotopic (exact) mass is 328 g/mol. The van der Waals surface area contributed by atoms with E-state index in [2.05, 4.69) is 4.98 Å². The van der Waals surface area contributed by atoms with E-state index in [4.69, 9.17) is 0 Å². The van der Waals surface area contributed by atoms with E-state index in [0.717, 1.165) is 0 Å². The van der Waals surface area contributed by atoms with Crippen molar-refractivity contribution in [3.05, 3.63) is 58.3 Å². The molecule has 3 rings (SSSR count). The van der Waals surface area contributed by atoms with Gasteiger partial charge in [0.25, 0.3) is 5.91 Å². The maximum atomic E-state index is 12.4. The lowest BCUT2D eigenvalue weighted by atomic mass is 10.1. The van der Waals surface area contributed by atoms with Crippen LogP contribution in [0.25, 0.3) is 0 Å². The standard InChI is InChI=1S/C16H16N4O4/c21-13-4-1-3-12(11-13)16(22)19-9-7-18(8-10-19)15-14(20(23)24)5-2-6-17-15/h1-6,11,21H,7-10H2. The number of pyridine rings is 1. The average Bonchev–Trinajstić information content (AvgIpc) is 2.61. The third kappa shape index (κ3) is 3.12. The summed E-state index contributed by atoms with van der Waals surface area (Å²) in [5, 5.41) is 20.6. The summed E-state index contributed by atoms with van der Waals surface area (Å²) in [6, 6.07) is 9.16. The molecule has 1 fully saturated rings. The highest BCUT2D eigenvalue weighted by atomic mass is 16.6. The number of benzene rings is 1. The molecule has 1 aromatic carbocycles. The number of aromatic nitrogens is 1. The van der Waals surface area contributed by atoms with Gasteiger partial charge in [0.15, 0.2) is 0 Å². The van der Waals surface area contributed by atoms with Gasteiger partial charge in [-0.15, -0.1) is 0 Å². The van der Waals surface area contributed by atoms with Gasteiger partial charge in [-0.25, -0.2) is 4.98 Å². The lowest BCUT2D eigenvalue weighted by Gasteiger charge is -2.35. The number of nitro groups is 1. The van der Waals surface area contributed by atoms with Crippen LogP contribution < -0.4 is 4.90 Å². The normalized spacial score (nSPS) is 14.5. The molecule has 0 atom stereocenters. The first-order chi connectivity index (χ1) is 11.6. The predicted octanol–water partition coefficient (Wildman–Crippen LogP) is 1.66. The van der Waals surface area contributed by atoms with Crippen molar-refractivity contribution in [2.45, 2.75) is 0 Å². The zero-order valence-corrected chi connectivity index (χ0v) is 12.8. The molecule has 0 bridgehead atoms. The van der Waals surface area contributed by atoms with Crippen LogP contribution in [0.1, 0.15) is 10.4 Å². The van der Waals surface area contributed by atoms with Crippen LogP contribution in [0.4, 0.5) is 11.5 Å². The summed E-state index contributed by atoms with van der Waals surface area (Å²) in [5.74, 6) is 0.205. The number of carbonyl (C=O) groups excluding carboxylic acids is 1. The van der Waals surface area contributed by atoms with E-state index >= 15 is 0 Å².